The maximum Gasteiger partial charge on any atom is 0.407 e. The molecule has 24 heavy (non-hydrogen) atoms. The minimum atomic E-state index is -0.440. The van der Waals surface area contributed by atoms with Gasteiger partial charge in [0.2, 0.25) is 0 Å². The number of carbonyl (C=O) groups excluding carboxylic acids is 1. The summed E-state index contributed by atoms with van der Waals surface area (Å²) in [6.45, 7) is 9.44. The molecule has 0 bridgehead atoms. The zero-order valence-electron chi connectivity index (χ0n) is 14.7. The summed E-state index contributed by atoms with van der Waals surface area (Å²) in [6, 6.07) is 0. The van der Waals surface area contributed by atoms with Gasteiger partial charge in [-0.3, -0.25) is 0 Å². The third kappa shape index (κ3) is 8.22. The predicted octanol–water partition coefficient (Wildman–Crippen LogP) is 1.99. The Bertz CT molecular complexity index is 469. The third-order valence-electron chi connectivity index (χ3n) is 3.89. The molecule has 8 nitrogen and oxygen atoms in total. The summed E-state index contributed by atoms with van der Waals surface area (Å²) >= 11 is 0. The SMILES string of the molecule is CC(C)(C)OC(=O)NCCCN1CCC(Cc2nn[nH]n2)CC1.I. The highest BCUT2D eigenvalue weighted by Gasteiger charge is 2.20. The first kappa shape index (κ1) is 21.1. The maximum atomic E-state index is 11.5. The second-order valence-corrected chi connectivity index (χ2v) is 7.10. The van der Waals surface area contributed by atoms with Gasteiger partial charge in [-0.05, 0) is 65.6 Å². The van der Waals surface area contributed by atoms with Gasteiger partial charge in [-0.15, -0.1) is 34.2 Å². The number of hydrogen-bond acceptors (Lipinski definition) is 6. The molecule has 138 valence electrons. The van der Waals surface area contributed by atoms with Crippen molar-refractivity contribution in [2.45, 2.75) is 52.1 Å². The first-order valence-electron chi connectivity index (χ1n) is 8.34. The molecule has 1 aromatic heterocycles. The number of rotatable bonds is 6. The lowest BCUT2D eigenvalue weighted by Crippen LogP contribution is -2.37. The van der Waals surface area contributed by atoms with Gasteiger partial charge in [0.15, 0.2) is 5.82 Å². The quantitative estimate of drug-likeness (QED) is 0.507. The standard InChI is InChI=1S/C15H28N6O2.HI/c1-15(2,3)23-14(22)16-7-4-8-21-9-5-12(6-10-21)11-13-17-19-20-18-13;/h12H,4-11H2,1-3H3,(H,16,22)(H,17,18,19,20);1H. The smallest absolute Gasteiger partial charge is 0.407 e. The molecule has 1 aliphatic rings. The van der Waals surface area contributed by atoms with Crippen molar-refractivity contribution < 1.29 is 9.53 Å². The van der Waals surface area contributed by atoms with Crippen LogP contribution in [0.5, 0.6) is 0 Å². The summed E-state index contributed by atoms with van der Waals surface area (Å²) in [4.78, 5) is 14.0. The molecule has 1 aliphatic heterocycles. The van der Waals surface area contributed by atoms with Crippen molar-refractivity contribution in [1.29, 1.82) is 0 Å². The second-order valence-electron chi connectivity index (χ2n) is 7.10. The van der Waals surface area contributed by atoms with Crippen LogP contribution >= 0.6 is 24.0 Å². The third-order valence-corrected chi connectivity index (χ3v) is 3.89. The van der Waals surface area contributed by atoms with Gasteiger partial charge in [-0.1, -0.05) is 5.21 Å². The van der Waals surface area contributed by atoms with Crippen molar-refractivity contribution in [2.24, 2.45) is 5.92 Å². The molecule has 2 rings (SSSR count). The lowest BCUT2D eigenvalue weighted by atomic mass is 9.93. The van der Waals surface area contributed by atoms with E-state index in [9.17, 15) is 4.79 Å². The number of carbonyl (C=O) groups is 1. The Balaban J connectivity index is 0.00000288. The average molecular weight is 452 g/mol. The summed E-state index contributed by atoms with van der Waals surface area (Å²) < 4.78 is 5.21. The number of tetrazole rings is 1. The number of aromatic nitrogens is 4. The zero-order chi connectivity index (χ0) is 16.7. The number of halogens is 1. The number of nitrogens with zero attached hydrogens (tertiary/aromatic N) is 4. The van der Waals surface area contributed by atoms with E-state index in [1.807, 2.05) is 20.8 Å². The van der Waals surface area contributed by atoms with Crippen LogP contribution in [0.15, 0.2) is 0 Å². The number of alkyl carbamates (subject to hydrolysis) is 1. The Labute approximate surface area is 160 Å². The number of ether oxygens (including phenoxy) is 1. The van der Waals surface area contributed by atoms with E-state index < -0.39 is 5.60 Å². The van der Waals surface area contributed by atoms with Gasteiger partial charge in [0, 0.05) is 13.0 Å². The number of H-pyrrole nitrogens is 1. The van der Waals surface area contributed by atoms with Gasteiger partial charge in [-0.25, -0.2) is 4.79 Å². The second kappa shape index (κ2) is 10.1. The molecule has 2 N–H and O–H groups in total. The Morgan fingerprint density at radius 2 is 2.08 bits per heavy atom. The average Bonchev–Trinajstić information content (AvgIpc) is 2.96. The Hall–Kier alpha value is -0.970. The molecule has 1 fully saturated rings. The Morgan fingerprint density at radius 1 is 1.38 bits per heavy atom. The maximum absolute atomic E-state index is 11.5. The van der Waals surface area contributed by atoms with E-state index in [4.69, 9.17) is 4.74 Å². The van der Waals surface area contributed by atoms with Crippen molar-refractivity contribution in [2.75, 3.05) is 26.2 Å². The first-order chi connectivity index (χ1) is 10.9. The number of amides is 1. The number of nitrogens with one attached hydrogen (secondary N) is 2. The molecule has 0 saturated carbocycles. The number of aromatic amines is 1. The molecular weight excluding hydrogens is 423 g/mol. The van der Waals surface area contributed by atoms with Crippen molar-refractivity contribution in [3.8, 4) is 0 Å². The van der Waals surface area contributed by atoms with Gasteiger partial charge in [0.25, 0.3) is 0 Å². The van der Waals surface area contributed by atoms with Crippen molar-refractivity contribution in [3.63, 3.8) is 0 Å². The van der Waals surface area contributed by atoms with Crippen LogP contribution in [0.2, 0.25) is 0 Å². The number of hydrogen-bond donors (Lipinski definition) is 2. The van der Waals surface area contributed by atoms with E-state index in [1.165, 1.54) is 0 Å². The highest BCUT2D eigenvalue weighted by atomic mass is 127. The zero-order valence-corrected chi connectivity index (χ0v) is 17.1. The highest BCUT2D eigenvalue weighted by molar-refractivity contribution is 14.0. The normalized spacial score (nSPS) is 16.5. The Morgan fingerprint density at radius 3 is 2.67 bits per heavy atom. The van der Waals surface area contributed by atoms with Gasteiger partial charge in [0.1, 0.15) is 5.60 Å². The summed E-state index contributed by atoms with van der Waals surface area (Å²) in [5.41, 5.74) is -0.440. The van der Waals surface area contributed by atoms with Gasteiger partial charge >= 0.3 is 6.09 Å². The minimum absolute atomic E-state index is 0. The van der Waals surface area contributed by atoms with E-state index >= 15 is 0 Å². The summed E-state index contributed by atoms with van der Waals surface area (Å²) in [7, 11) is 0. The molecule has 1 saturated heterocycles. The van der Waals surface area contributed by atoms with E-state index in [-0.39, 0.29) is 30.1 Å². The van der Waals surface area contributed by atoms with Crippen LogP contribution in [-0.4, -0.2) is 63.4 Å². The molecular formula is C15H29IN6O2. The topological polar surface area (TPSA) is 96.0 Å². The lowest BCUT2D eigenvalue weighted by Gasteiger charge is -2.31. The minimum Gasteiger partial charge on any atom is -0.444 e. The van der Waals surface area contributed by atoms with E-state index in [2.05, 4.69) is 30.8 Å². The summed E-state index contributed by atoms with van der Waals surface area (Å²) in [5.74, 6) is 1.45. The van der Waals surface area contributed by atoms with Gasteiger partial charge in [0.05, 0.1) is 0 Å². The molecule has 0 spiro atoms. The van der Waals surface area contributed by atoms with Crippen LogP contribution in [0, 0.1) is 5.92 Å². The van der Waals surface area contributed by atoms with Crippen LogP contribution in [0.25, 0.3) is 0 Å². The fourth-order valence-electron chi connectivity index (χ4n) is 2.75. The highest BCUT2D eigenvalue weighted by Crippen LogP contribution is 2.20. The van der Waals surface area contributed by atoms with E-state index in [1.54, 1.807) is 0 Å². The Kier molecular flexibility index (Phi) is 8.88. The van der Waals surface area contributed by atoms with Crippen molar-refractivity contribution in [1.82, 2.24) is 30.8 Å². The monoisotopic (exact) mass is 452 g/mol. The molecule has 2 heterocycles. The van der Waals surface area contributed by atoms with E-state index in [0.717, 1.165) is 51.1 Å². The van der Waals surface area contributed by atoms with Crippen LogP contribution in [0.3, 0.4) is 0 Å². The largest absolute Gasteiger partial charge is 0.444 e. The molecule has 0 aliphatic carbocycles. The molecule has 0 aromatic carbocycles. The van der Waals surface area contributed by atoms with Crippen LogP contribution in [-0.2, 0) is 11.2 Å². The van der Waals surface area contributed by atoms with Crippen molar-refractivity contribution in [3.05, 3.63) is 5.82 Å². The molecule has 0 unspecified atom stereocenters. The fraction of sp³-hybridized carbons (Fsp3) is 0.867. The number of likely N-dealkylation sites (tertiary alicyclic amines) is 1. The molecule has 1 amide bonds. The fourth-order valence-corrected chi connectivity index (χ4v) is 2.75. The van der Waals surface area contributed by atoms with E-state index in [0.29, 0.717) is 12.5 Å². The first-order valence-corrected chi connectivity index (χ1v) is 8.34. The summed E-state index contributed by atoms with van der Waals surface area (Å²) in [6.07, 6.45) is 3.83. The number of piperidine rings is 1. The van der Waals surface area contributed by atoms with Crippen LogP contribution in [0.1, 0.15) is 45.9 Å². The molecule has 0 radical (unpaired) electrons. The lowest BCUT2D eigenvalue weighted by molar-refractivity contribution is 0.0525. The van der Waals surface area contributed by atoms with Gasteiger partial charge < -0.3 is 15.0 Å². The molecule has 0 atom stereocenters. The van der Waals surface area contributed by atoms with Crippen molar-refractivity contribution >= 4 is 30.1 Å². The van der Waals surface area contributed by atoms with Gasteiger partial charge in [-0.2, -0.15) is 5.21 Å². The summed E-state index contributed by atoms with van der Waals surface area (Å²) in [5, 5.41) is 16.9. The predicted molar refractivity (Wildman–Crippen MR) is 101 cm³/mol. The molecule has 1 aromatic rings. The van der Waals surface area contributed by atoms with Crippen LogP contribution in [0.4, 0.5) is 4.79 Å². The molecule has 9 heteroatoms. The van der Waals surface area contributed by atoms with Crippen LogP contribution < -0.4 is 5.32 Å².